The summed E-state index contributed by atoms with van der Waals surface area (Å²) in [7, 11) is 1.64. The number of carbonyl (C=O) groups excluding carboxylic acids is 3. The zero-order valence-corrected chi connectivity index (χ0v) is 15.9. The van der Waals surface area contributed by atoms with Crippen LogP contribution in [0.15, 0.2) is 24.3 Å². The third-order valence-electron chi connectivity index (χ3n) is 5.59. The number of carbonyl (C=O) groups is 3. The van der Waals surface area contributed by atoms with E-state index in [-0.39, 0.29) is 24.3 Å². The highest BCUT2D eigenvalue weighted by atomic mass is 35.5. The number of hydrogen-bond donors (Lipinski definition) is 1. The van der Waals surface area contributed by atoms with E-state index < -0.39 is 11.6 Å². The van der Waals surface area contributed by atoms with Crippen LogP contribution in [0.4, 0.5) is 4.79 Å². The maximum atomic E-state index is 12.9. The minimum atomic E-state index is -0.836. The molecule has 2 atom stereocenters. The van der Waals surface area contributed by atoms with Crippen LogP contribution in [0, 0.1) is 5.92 Å². The summed E-state index contributed by atoms with van der Waals surface area (Å²) in [6.07, 6.45) is 3.51. The lowest BCUT2D eigenvalue weighted by atomic mass is 9.73. The van der Waals surface area contributed by atoms with E-state index in [2.05, 4.69) is 5.32 Å². The SMILES string of the molecule is CC1CCCCC12NC(=O)N(CC(=O)N(C)Cc1ccccc1Cl)C2=O. The molecule has 1 heterocycles. The molecule has 0 aromatic heterocycles. The third-order valence-corrected chi connectivity index (χ3v) is 5.95. The van der Waals surface area contributed by atoms with Gasteiger partial charge in [0.1, 0.15) is 12.1 Å². The predicted molar refractivity (Wildman–Crippen MR) is 98.5 cm³/mol. The quantitative estimate of drug-likeness (QED) is 0.820. The average molecular weight is 378 g/mol. The van der Waals surface area contributed by atoms with Gasteiger partial charge in [-0.1, -0.05) is 49.6 Å². The second-order valence-electron chi connectivity index (χ2n) is 7.28. The van der Waals surface area contributed by atoms with Crippen LogP contribution in [-0.4, -0.2) is 46.8 Å². The molecule has 1 spiro atoms. The van der Waals surface area contributed by atoms with Crippen molar-refractivity contribution in [1.29, 1.82) is 0 Å². The molecule has 6 nitrogen and oxygen atoms in total. The van der Waals surface area contributed by atoms with Crippen LogP contribution in [0.25, 0.3) is 0 Å². The molecule has 2 unspecified atom stereocenters. The summed E-state index contributed by atoms with van der Waals surface area (Å²) in [4.78, 5) is 40.4. The lowest BCUT2D eigenvalue weighted by Crippen LogP contribution is -2.54. The van der Waals surface area contributed by atoms with Crippen molar-refractivity contribution in [1.82, 2.24) is 15.1 Å². The lowest BCUT2D eigenvalue weighted by Gasteiger charge is -2.36. The van der Waals surface area contributed by atoms with Crippen molar-refractivity contribution in [2.24, 2.45) is 5.92 Å². The standard InChI is InChI=1S/C19H24ClN3O3/c1-13-7-5-6-10-19(13)17(25)23(18(26)21-19)12-16(24)22(2)11-14-8-3-4-9-15(14)20/h3-4,8-9,13H,5-7,10-12H2,1-2H3,(H,21,26). The van der Waals surface area contributed by atoms with E-state index in [0.717, 1.165) is 29.7 Å². The number of imide groups is 1. The van der Waals surface area contributed by atoms with E-state index in [1.54, 1.807) is 13.1 Å². The van der Waals surface area contributed by atoms with E-state index in [0.29, 0.717) is 18.0 Å². The van der Waals surface area contributed by atoms with Crippen LogP contribution in [-0.2, 0) is 16.1 Å². The Bertz CT molecular complexity index is 738. The second-order valence-corrected chi connectivity index (χ2v) is 7.69. The number of nitrogens with one attached hydrogen (secondary N) is 1. The number of rotatable bonds is 4. The Balaban J connectivity index is 1.68. The smallest absolute Gasteiger partial charge is 0.325 e. The van der Waals surface area contributed by atoms with Crippen molar-refractivity contribution >= 4 is 29.4 Å². The van der Waals surface area contributed by atoms with Crippen molar-refractivity contribution < 1.29 is 14.4 Å². The second kappa shape index (κ2) is 7.27. The van der Waals surface area contributed by atoms with Gasteiger partial charge in [-0.05, 0) is 30.4 Å². The molecule has 140 valence electrons. The van der Waals surface area contributed by atoms with Crippen LogP contribution < -0.4 is 5.32 Å². The minimum absolute atomic E-state index is 0.0775. The molecule has 1 saturated carbocycles. The van der Waals surface area contributed by atoms with Crippen LogP contribution in [0.1, 0.15) is 38.2 Å². The summed E-state index contributed by atoms with van der Waals surface area (Å²) in [5.41, 5.74) is -0.0173. The maximum Gasteiger partial charge on any atom is 0.325 e. The lowest BCUT2D eigenvalue weighted by molar-refractivity contribution is -0.140. The first-order chi connectivity index (χ1) is 12.3. The summed E-state index contributed by atoms with van der Waals surface area (Å²) in [6.45, 7) is 2.07. The Morgan fingerprint density at radius 3 is 2.77 bits per heavy atom. The van der Waals surface area contributed by atoms with Crippen LogP contribution in [0.2, 0.25) is 5.02 Å². The van der Waals surface area contributed by atoms with E-state index in [1.807, 2.05) is 25.1 Å². The van der Waals surface area contributed by atoms with E-state index >= 15 is 0 Å². The van der Waals surface area contributed by atoms with E-state index in [4.69, 9.17) is 11.6 Å². The average Bonchev–Trinajstić information content (AvgIpc) is 2.84. The molecule has 3 rings (SSSR count). The first-order valence-electron chi connectivity index (χ1n) is 8.96. The van der Waals surface area contributed by atoms with Crippen molar-refractivity contribution in [3.63, 3.8) is 0 Å². The predicted octanol–water partition coefficient (Wildman–Crippen LogP) is 2.80. The number of nitrogens with zero attached hydrogens (tertiary/aromatic N) is 2. The first-order valence-corrected chi connectivity index (χ1v) is 9.34. The fourth-order valence-corrected chi connectivity index (χ4v) is 4.06. The van der Waals surface area contributed by atoms with E-state index in [1.165, 1.54) is 4.90 Å². The Morgan fingerprint density at radius 1 is 1.35 bits per heavy atom. The summed E-state index contributed by atoms with van der Waals surface area (Å²) in [6, 6.07) is 6.82. The number of halogens is 1. The summed E-state index contributed by atoms with van der Waals surface area (Å²) >= 11 is 6.14. The first kappa shape index (κ1) is 18.7. The molecule has 1 N–H and O–H groups in total. The van der Waals surface area contributed by atoms with Crippen molar-refractivity contribution in [3.05, 3.63) is 34.9 Å². The van der Waals surface area contributed by atoms with Crippen LogP contribution in [0.3, 0.4) is 0 Å². The monoisotopic (exact) mass is 377 g/mol. The molecule has 1 aromatic carbocycles. The highest BCUT2D eigenvalue weighted by Crippen LogP contribution is 2.38. The van der Waals surface area contributed by atoms with Gasteiger partial charge >= 0.3 is 6.03 Å². The van der Waals surface area contributed by atoms with Gasteiger partial charge in [0.05, 0.1) is 0 Å². The Kier molecular flexibility index (Phi) is 5.23. The number of hydrogen-bond acceptors (Lipinski definition) is 3. The Hall–Kier alpha value is -2.08. The summed E-state index contributed by atoms with van der Waals surface area (Å²) < 4.78 is 0. The molecule has 0 bridgehead atoms. The molecule has 2 fully saturated rings. The Morgan fingerprint density at radius 2 is 2.08 bits per heavy atom. The fourth-order valence-electron chi connectivity index (χ4n) is 3.87. The maximum absolute atomic E-state index is 12.9. The number of likely N-dealkylation sites (N-methyl/N-ethyl adjacent to an activating group) is 1. The van der Waals surface area contributed by atoms with Crippen LogP contribution in [0.5, 0.6) is 0 Å². The van der Waals surface area contributed by atoms with Gasteiger partial charge < -0.3 is 10.2 Å². The summed E-state index contributed by atoms with van der Waals surface area (Å²) in [5, 5.41) is 3.45. The molecule has 1 aliphatic carbocycles. The number of benzene rings is 1. The van der Waals surface area contributed by atoms with Gasteiger partial charge in [-0.25, -0.2) is 4.79 Å². The molecule has 26 heavy (non-hydrogen) atoms. The fraction of sp³-hybridized carbons (Fsp3) is 0.526. The van der Waals surface area contributed by atoms with Crippen molar-refractivity contribution in [2.45, 2.75) is 44.7 Å². The summed E-state index contributed by atoms with van der Waals surface area (Å²) in [5.74, 6) is -0.489. The molecule has 1 aliphatic heterocycles. The van der Waals surface area contributed by atoms with Crippen molar-refractivity contribution in [3.8, 4) is 0 Å². The van der Waals surface area contributed by atoms with Crippen LogP contribution >= 0.6 is 11.6 Å². The molecule has 0 radical (unpaired) electrons. The van der Waals surface area contributed by atoms with Gasteiger partial charge in [0, 0.05) is 18.6 Å². The Labute approximate surface area is 158 Å². The largest absolute Gasteiger partial charge is 0.340 e. The highest BCUT2D eigenvalue weighted by Gasteiger charge is 2.55. The normalized spacial score (nSPS) is 25.5. The third kappa shape index (κ3) is 3.30. The van der Waals surface area contributed by atoms with Gasteiger partial charge in [0.15, 0.2) is 0 Å². The topological polar surface area (TPSA) is 69.7 Å². The molecule has 1 aromatic rings. The highest BCUT2D eigenvalue weighted by molar-refractivity contribution is 6.31. The van der Waals surface area contributed by atoms with Crippen molar-refractivity contribution in [2.75, 3.05) is 13.6 Å². The molecule has 7 heteroatoms. The number of urea groups is 1. The zero-order chi connectivity index (χ0) is 18.9. The van der Waals surface area contributed by atoms with Gasteiger partial charge in [-0.2, -0.15) is 0 Å². The number of amides is 4. The van der Waals surface area contributed by atoms with Gasteiger partial charge in [-0.15, -0.1) is 0 Å². The molecular formula is C19H24ClN3O3. The molecule has 1 saturated heterocycles. The van der Waals surface area contributed by atoms with Gasteiger partial charge in [0.2, 0.25) is 5.91 Å². The van der Waals surface area contributed by atoms with Gasteiger partial charge in [0.25, 0.3) is 5.91 Å². The van der Waals surface area contributed by atoms with Gasteiger partial charge in [-0.3, -0.25) is 14.5 Å². The van der Waals surface area contributed by atoms with E-state index in [9.17, 15) is 14.4 Å². The molecule has 4 amide bonds. The molecule has 2 aliphatic rings. The zero-order valence-electron chi connectivity index (χ0n) is 15.1. The minimum Gasteiger partial charge on any atom is -0.340 e. The molecular weight excluding hydrogens is 354 g/mol.